The van der Waals surface area contributed by atoms with Gasteiger partial charge in [0.05, 0.1) is 0 Å². The van der Waals surface area contributed by atoms with Gasteiger partial charge in [-0.15, -0.1) is 0 Å². The van der Waals surface area contributed by atoms with E-state index in [9.17, 15) is 4.79 Å². The Kier molecular flexibility index (Phi) is 49.0. The van der Waals surface area contributed by atoms with Gasteiger partial charge in [0.2, 0.25) is 5.91 Å². The molecule has 0 rings (SSSR count). The van der Waals surface area contributed by atoms with E-state index < -0.39 is 0 Å². The van der Waals surface area contributed by atoms with Crippen LogP contribution in [0.2, 0.25) is 0 Å². The molecule has 0 spiro atoms. The monoisotopic (exact) mass is 205 g/mol. The normalized spacial score (nSPS) is 6.36. The Hall–Kier alpha value is -0.530. The smallest absolute Gasteiger partial charge is 0.218 e. The van der Waals surface area contributed by atoms with Crippen LogP contribution in [0.3, 0.4) is 0 Å². The second kappa shape index (κ2) is 29.4. The molecule has 1 amide bonds. The maximum absolute atomic E-state index is 10.1. The summed E-state index contributed by atoms with van der Waals surface area (Å²) in [6.45, 7) is 13.9. The van der Waals surface area contributed by atoms with E-state index in [0.717, 1.165) is 0 Å². The molecule has 0 aliphatic carbocycles. The fraction of sp³-hybridized carbons (Fsp3) is 0.917. The molecule has 0 atom stereocenters. The number of amides is 1. The van der Waals surface area contributed by atoms with Crippen LogP contribution in [0, 0.1) is 0 Å². The summed E-state index contributed by atoms with van der Waals surface area (Å²) < 4.78 is 0. The van der Waals surface area contributed by atoms with Gasteiger partial charge >= 0.3 is 0 Å². The minimum Gasteiger partial charge on any atom is -0.349 e. The van der Waals surface area contributed by atoms with Crippen LogP contribution in [0.1, 0.15) is 61.3 Å². The third-order valence-corrected chi connectivity index (χ3v) is 1.13. The predicted molar refractivity (Wildman–Crippen MR) is 67.6 cm³/mol. The Labute approximate surface area is 91.7 Å². The lowest BCUT2D eigenvalue weighted by atomic mass is 10.4. The van der Waals surface area contributed by atoms with Crippen molar-refractivity contribution in [1.82, 2.24) is 4.90 Å². The van der Waals surface area contributed by atoms with Crippen molar-refractivity contribution >= 4 is 5.91 Å². The molecule has 0 unspecified atom stereocenters. The van der Waals surface area contributed by atoms with Gasteiger partial charge < -0.3 is 4.90 Å². The number of carbonyl (C=O) groups is 1. The molecule has 0 N–H and O–H groups in total. The fourth-order valence-corrected chi connectivity index (χ4v) is 0. The van der Waals surface area contributed by atoms with E-state index in [-0.39, 0.29) is 5.91 Å². The highest BCUT2D eigenvalue weighted by Crippen LogP contribution is 1.76. The second-order valence-corrected chi connectivity index (χ2v) is 2.41. The molecule has 0 radical (unpaired) electrons. The van der Waals surface area contributed by atoms with Crippen LogP contribution >= 0.6 is 0 Å². The summed E-state index contributed by atoms with van der Waals surface area (Å²) in [5.74, 6) is 0.0926. The highest BCUT2D eigenvalue weighted by molar-refractivity contribution is 5.72. The highest BCUT2D eigenvalue weighted by Gasteiger charge is 1.87. The van der Waals surface area contributed by atoms with Gasteiger partial charge in [0.15, 0.2) is 0 Å². The van der Waals surface area contributed by atoms with Gasteiger partial charge in [-0.1, -0.05) is 54.4 Å². The molecule has 0 aromatic rings. The molecule has 90 valence electrons. The topological polar surface area (TPSA) is 20.3 Å². The van der Waals surface area contributed by atoms with E-state index in [0.29, 0.717) is 0 Å². The number of hydrogen-bond donors (Lipinski definition) is 0. The first kappa shape index (κ1) is 23.4. The Morgan fingerprint density at radius 1 is 0.929 bits per heavy atom. The molecule has 0 aromatic carbocycles. The van der Waals surface area contributed by atoms with Gasteiger partial charge in [-0.25, -0.2) is 0 Å². The summed E-state index contributed by atoms with van der Waals surface area (Å²) in [5, 5.41) is 0. The average Bonchev–Trinajstić information content (AvgIpc) is 2.24. The molecule has 2 nitrogen and oxygen atoms in total. The van der Waals surface area contributed by atoms with Crippen LogP contribution in [0.15, 0.2) is 0 Å². The standard InChI is InChI=1S/C4H9NO.C4H10.2C2H6/c1-4(6)5(2)3;1-3-4-2;2*1-2/h1-3H3;3-4H2,1-2H3;2*1-2H3. The van der Waals surface area contributed by atoms with Crippen molar-refractivity contribution in [2.75, 3.05) is 14.1 Å². The molecule has 0 saturated heterocycles. The first-order chi connectivity index (χ1) is 6.56. The summed E-state index contributed by atoms with van der Waals surface area (Å²) in [7, 11) is 3.45. The van der Waals surface area contributed by atoms with Crippen molar-refractivity contribution < 1.29 is 4.79 Å². The van der Waals surface area contributed by atoms with E-state index in [4.69, 9.17) is 0 Å². The molecule has 14 heavy (non-hydrogen) atoms. The zero-order valence-corrected chi connectivity index (χ0v) is 11.8. The van der Waals surface area contributed by atoms with Crippen LogP contribution in [0.25, 0.3) is 0 Å². The number of nitrogens with zero attached hydrogens (tertiary/aromatic N) is 1. The Balaban J connectivity index is -0.0000000546. The summed E-state index contributed by atoms with van der Waals surface area (Å²) in [6, 6.07) is 0. The van der Waals surface area contributed by atoms with Crippen molar-refractivity contribution in [3.63, 3.8) is 0 Å². The zero-order chi connectivity index (χ0) is 12.6. The predicted octanol–water partition coefficient (Wildman–Crippen LogP) is 3.95. The summed E-state index contributed by atoms with van der Waals surface area (Å²) in [6.07, 6.45) is 2.64. The number of unbranched alkanes of at least 4 members (excludes halogenated alkanes) is 1. The van der Waals surface area contributed by atoms with Crippen LogP contribution in [0.5, 0.6) is 0 Å². The van der Waals surface area contributed by atoms with Gasteiger partial charge in [-0.3, -0.25) is 4.79 Å². The van der Waals surface area contributed by atoms with Crippen molar-refractivity contribution in [2.24, 2.45) is 0 Å². The molecule has 2 heteroatoms. The zero-order valence-electron chi connectivity index (χ0n) is 11.8. The summed E-state index contributed by atoms with van der Waals surface area (Å²) in [5.41, 5.74) is 0. The lowest BCUT2D eigenvalue weighted by molar-refractivity contribution is -0.126. The first-order valence-corrected chi connectivity index (χ1v) is 5.74. The van der Waals surface area contributed by atoms with Gasteiger partial charge in [0, 0.05) is 21.0 Å². The number of hydrogen-bond acceptors (Lipinski definition) is 1. The Bertz CT molecular complexity index is 78.4. The molecule has 0 heterocycles. The van der Waals surface area contributed by atoms with Crippen LogP contribution in [0.4, 0.5) is 0 Å². The lowest BCUT2D eigenvalue weighted by Gasteiger charge is -2.02. The largest absolute Gasteiger partial charge is 0.349 e. The maximum Gasteiger partial charge on any atom is 0.218 e. The van der Waals surface area contributed by atoms with Gasteiger partial charge in [0.25, 0.3) is 0 Å². The third kappa shape index (κ3) is 62.9. The minimum absolute atomic E-state index is 0.0926. The quantitative estimate of drug-likeness (QED) is 0.634. The van der Waals surface area contributed by atoms with Gasteiger partial charge in [-0.2, -0.15) is 0 Å². The molecule has 0 saturated carbocycles. The van der Waals surface area contributed by atoms with Crippen molar-refractivity contribution in [3.05, 3.63) is 0 Å². The summed E-state index contributed by atoms with van der Waals surface area (Å²) >= 11 is 0. The Morgan fingerprint density at radius 2 is 1.07 bits per heavy atom. The fourth-order valence-electron chi connectivity index (χ4n) is 0. The molecule has 0 bridgehead atoms. The lowest BCUT2D eigenvalue weighted by Crippen LogP contribution is -2.17. The number of carbonyl (C=O) groups excluding carboxylic acids is 1. The van der Waals surface area contributed by atoms with Crippen molar-refractivity contribution in [2.45, 2.75) is 61.3 Å². The van der Waals surface area contributed by atoms with E-state index in [1.165, 1.54) is 24.7 Å². The maximum atomic E-state index is 10.1. The highest BCUT2D eigenvalue weighted by atomic mass is 16.2. The van der Waals surface area contributed by atoms with Gasteiger partial charge in [-0.05, 0) is 0 Å². The van der Waals surface area contributed by atoms with Crippen LogP contribution < -0.4 is 0 Å². The van der Waals surface area contributed by atoms with E-state index in [1.54, 1.807) is 14.1 Å². The second-order valence-electron chi connectivity index (χ2n) is 2.41. The Morgan fingerprint density at radius 3 is 1.07 bits per heavy atom. The van der Waals surface area contributed by atoms with Crippen molar-refractivity contribution in [1.29, 1.82) is 0 Å². The van der Waals surface area contributed by atoms with E-state index >= 15 is 0 Å². The molecular formula is C12H31NO. The van der Waals surface area contributed by atoms with Gasteiger partial charge in [0.1, 0.15) is 0 Å². The number of rotatable bonds is 1. The molecular weight excluding hydrogens is 174 g/mol. The molecule has 0 fully saturated rings. The van der Waals surface area contributed by atoms with Crippen LogP contribution in [-0.4, -0.2) is 24.9 Å². The molecule has 0 aromatic heterocycles. The van der Waals surface area contributed by atoms with E-state index in [1.807, 2.05) is 27.7 Å². The molecule has 0 aliphatic heterocycles. The third-order valence-electron chi connectivity index (χ3n) is 1.13. The van der Waals surface area contributed by atoms with E-state index in [2.05, 4.69) is 13.8 Å². The average molecular weight is 205 g/mol. The SMILES string of the molecule is CC.CC.CC(=O)N(C)C.CCCC. The minimum atomic E-state index is 0.0926. The summed E-state index contributed by atoms with van der Waals surface area (Å²) in [4.78, 5) is 11.6. The first-order valence-electron chi connectivity index (χ1n) is 5.74. The molecule has 0 aliphatic rings. The van der Waals surface area contributed by atoms with Crippen LogP contribution in [-0.2, 0) is 4.79 Å². The van der Waals surface area contributed by atoms with Crippen molar-refractivity contribution in [3.8, 4) is 0 Å².